The third-order valence-corrected chi connectivity index (χ3v) is 5.69. The van der Waals surface area contributed by atoms with Gasteiger partial charge >= 0.3 is 0 Å². The first-order valence-electron chi connectivity index (χ1n) is 9.57. The van der Waals surface area contributed by atoms with Gasteiger partial charge in [0.2, 0.25) is 0 Å². The van der Waals surface area contributed by atoms with Crippen molar-refractivity contribution in [3.63, 3.8) is 0 Å². The summed E-state index contributed by atoms with van der Waals surface area (Å²) in [5.74, 6) is -0.171. The number of anilines is 1. The highest BCUT2D eigenvalue weighted by molar-refractivity contribution is 6.09. The molecule has 1 heterocycles. The Kier molecular flexibility index (Phi) is 3.97. The number of nitrogens with zero attached hydrogens (tertiary/aromatic N) is 1. The van der Waals surface area contributed by atoms with Gasteiger partial charge < -0.3 is 10.2 Å². The van der Waals surface area contributed by atoms with Crippen LogP contribution in [0.3, 0.4) is 0 Å². The van der Waals surface area contributed by atoms with Crippen LogP contribution in [-0.4, -0.2) is 17.9 Å². The minimum absolute atomic E-state index is 0.0634. The summed E-state index contributed by atoms with van der Waals surface area (Å²) < 4.78 is 0. The lowest BCUT2D eigenvalue weighted by Crippen LogP contribution is -2.41. The van der Waals surface area contributed by atoms with E-state index in [-0.39, 0.29) is 17.9 Å². The maximum Gasteiger partial charge on any atom is 0.258 e. The quantitative estimate of drug-likeness (QED) is 0.766. The van der Waals surface area contributed by atoms with Gasteiger partial charge in [-0.1, -0.05) is 48.5 Å². The molecule has 3 aromatic rings. The molecule has 0 atom stereocenters. The minimum Gasteiger partial charge on any atom is -0.348 e. The molecule has 0 saturated carbocycles. The molecule has 0 radical (unpaired) electrons. The first kappa shape index (κ1) is 16.8. The first-order valence-corrected chi connectivity index (χ1v) is 9.57. The normalized spacial score (nSPS) is 15.1. The van der Waals surface area contributed by atoms with Crippen LogP contribution in [-0.2, 0) is 19.4 Å². The number of para-hydroxylation sites is 1. The summed E-state index contributed by atoms with van der Waals surface area (Å²) >= 11 is 0. The van der Waals surface area contributed by atoms with Crippen molar-refractivity contribution in [3.05, 3.63) is 101 Å². The number of fused-ring (bicyclic) bond motifs is 2. The number of carbonyl (C=O) groups is 2. The number of nitrogens with one attached hydrogen (secondary N) is 1. The van der Waals surface area contributed by atoms with Gasteiger partial charge in [0.1, 0.15) is 0 Å². The predicted molar refractivity (Wildman–Crippen MR) is 109 cm³/mol. The molecule has 1 aliphatic carbocycles. The van der Waals surface area contributed by atoms with Gasteiger partial charge in [-0.15, -0.1) is 0 Å². The molecule has 2 aliphatic rings. The molecule has 1 N–H and O–H groups in total. The van der Waals surface area contributed by atoms with Crippen molar-refractivity contribution in [2.75, 3.05) is 4.90 Å². The Morgan fingerprint density at radius 2 is 1.54 bits per heavy atom. The van der Waals surface area contributed by atoms with E-state index in [1.165, 1.54) is 11.1 Å². The summed E-state index contributed by atoms with van der Waals surface area (Å²) in [6, 6.07) is 23.7. The molecule has 0 spiro atoms. The Morgan fingerprint density at radius 3 is 2.25 bits per heavy atom. The van der Waals surface area contributed by atoms with Crippen molar-refractivity contribution in [2.24, 2.45) is 0 Å². The van der Waals surface area contributed by atoms with Crippen LogP contribution in [0.5, 0.6) is 0 Å². The van der Waals surface area contributed by atoms with Gasteiger partial charge in [-0.25, -0.2) is 0 Å². The molecule has 0 unspecified atom stereocenters. The van der Waals surface area contributed by atoms with Gasteiger partial charge in [-0.2, -0.15) is 0 Å². The van der Waals surface area contributed by atoms with Crippen LogP contribution in [0.15, 0.2) is 72.8 Å². The van der Waals surface area contributed by atoms with Gasteiger partial charge in [0.25, 0.3) is 11.8 Å². The molecule has 1 aliphatic heterocycles. The number of carbonyl (C=O) groups excluding carboxylic acids is 2. The highest BCUT2D eigenvalue weighted by atomic mass is 16.2. The maximum absolute atomic E-state index is 13.6. The van der Waals surface area contributed by atoms with E-state index in [0.717, 1.165) is 24.1 Å². The largest absolute Gasteiger partial charge is 0.348 e. The summed E-state index contributed by atoms with van der Waals surface area (Å²) in [4.78, 5) is 27.5. The molecule has 0 bridgehead atoms. The number of rotatable bonds is 3. The summed E-state index contributed by atoms with van der Waals surface area (Å²) in [6.07, 6.45) is 1.67. The summed E-state index contributed by atoms with van der Waals surface area (Å²) in [5, 5.41) is 2.82. The highest BCUT2D eigenvalue weighted by Crippen LogP contribution is 2.31. The average Bonchev–Trinajstić information content (AvgIpc) is 3.32. The fraction of sp³-hybridized carbons (Fsp3) is 0.167. The van der Waals surface area contributed by atoms with Crippen LogP contribution in [0.4, 0.5) is 5.69 Å². The second kappa shape index (κ2) is 6.64. The van der Waals surface area contributed by atoms with Crippen LogP contribution < -0.4 is 10.2 Å². The lowest BCUT2D eigenvalue weighted by Gasteiger charge is -2.29. The predicted octanol–water partition coefficient (Wildman–Crippen LogP) is 3.74. The smallest absolute Gasteiger partial charge is 0.258 e. The van der Waals surface area contributed by atoms with Crippen LogP contribution in [0.2, 0.25) is 0 Å². The minimum atomic E-state index is -0.107. The van der Waals surface area contributed by atoms with E-state index in [4.69, 9.17) is 0 Å². The SMILES string of the molecule is O=C1NCc2ccc(C(=O)N(c3ccccc3)C3Cc4ccccc4C3)cc21. The van der Waals surface area contributed by atoms with E-state index >= 15 is 0 Å². The third kappa shape index (κ3) is 2.78. The van der Waals surface area contributed by atoms with Crippen molar-refractivity contribution in [3.8, 4) is 0 Å². The molecule has 5 rings (SSSR count). The molecule has 0 fully saturated rings. The molecule has 3 aromatic carbocycles. The monoisotopic (exact) mass is 368 g/mol. The van der Waals surface area contributed by atoms with Gasteiger partial charge in [-0.05, 0) is 53.8 Å². The summed E-state index contributed by atoms with van der Waals surface area (Å²) in [7, 11) is 0. The van der Waals surface area contributed by atoms with Crippen LogP contribution in [0, 0.1) is 0 Å². The molecular formula is C24H20N2O2. The first-order chi connectivity index (χ1) is 13.7. The van der Waals surface area contributed by atoms with Gasteiger partial charge in [0.15, 0.2) is 0 Å². The Balaban J connectivity index is 1.53. The van der Waals surface area contributed by atoms with E-state index in [1.54, 1.807) is 6.07 Å². The van der Waals surface area contributed by atoms with Crippen molar-refractivity contribution in [1.29, 1.82) is 0 Å². The second-order valence-electron chi connectivity index (χ2n) is 7.40. The number of benzene rings is 3. The molecular weight excluding hydrogens is 348 g/mol. The van der Waals surface area contributed by atoms with E-state index in [9.17, 15) is 9.59 Å². The van der Waals surface area contributed by atoms with Crippen LogP contribution in [0.1, 0.15) is 37.4 Å². The molecule has 2 amide bonds. The molecule has 28 heavy (non-hydrogen) atoms. The Labute approximate surface area is 163 Å². The van der Waals surface area contributed by atoms with Crippen LogP contribution >= 0.6 is 0 Å². The molecule has 0 saturated heterocycles. The zero-order valence-electron chi connectivity index (χ0n) is 15.4. The van der Waals surface area contributed by atoms with E-state index < -0.39 is 0 Å². The molecule has 4 nitrogen and oxygen atoms in total. The van der Waals surface area contributed by atoms with Crippen molar-refractivity contribution >= 4 is 17.5 Å². The number of hydrogen-bond donors (Lipinski definition) is 1. The Hall–Kier alpha value is -3.40. The molecule has 138 valence electrons. The van der Waals surface area contributed by atoms with Crippen molar-refractivity contribution in [1.82, 2.24) is 5.32 Å². The molecule has 4 heteroatoms. The summed E-state index contributed by atoms with van der Waals surface area (Å²) in [6.45, 7) is 0.531. The zero-order valence-corrected chi connectivity index (χ0v) is 15.4. The number of amides is 2. The lowest BCUT2D eigenvalue weighted by atomic mass is 10.0. The average molecular weight is 368 g/mol. The van der Waals surface area contributed by atoms with Crippen molar-refractivity contribution < 1.29 is 9.59 Å². The van der Waals surface area contributed by atoms with Crippen LogP contribution in [0.25, 0.3) is 0 Å². The van der Waals surface area contributed by atoms with E-state index in [0.29, 0.717) is 17.7 Å². The van der Waals surface area contributed by atoms with E-state index in [1.807, 2.05) is 47.4 Å². The lowest BCUT2D eigenvalue weighted by molar-refractivity contribution is 0.0965. The fourth-order valence-electron chi connectivity index (χ4n) is 4.29. The van der Waals surface area contributed by atoms with E-state index in [2.05, 4.69) is 29.6 Å². The third-order valence-electron chi connectivity index (χ3n) is 5.69. The van der Waals surface area contributed by atoms with Crippen molar-refractivity contribution in [2.45, 2.75) is 25.4 Å². The van der Waals surface area contributed by atoms with Gasteiger partial charge in [-0.3, -0.25) is 9.59 Å². The molecule has 0 aromatic heterocycles. The highest BCUT2D eigenvalue weighted by Gasteiger charge is 2.32. The Morgan fingerprint density at radius 1 is 0.857 bits per heavy atom. The fourth-order valence-corrected chi connectivity index (χ4v) is 4.29. The summed E-state index contributed by atoms with van der Waals surface area (Å²) in [5.41, 5.74) is 5.59. The maximum atomic E-state index is 13.6. The second-order valence-corrected chi connectivity index (χ2v) is 7.40. The van der Waals surface area contributed by atoms with Gasteiger partial charge in [0, 0.05) is 29.4 Å². The Bertz CT molecular complexity index is 1050. The zero-order chi connectivity index (χ0) is 19.1. The number of hydrogen-bond acceptors (Lipinski definition) is 2. The van der Waals surface area contributed by atoms with Gasteiger partial charge in [0.05, 0.1) is 0 Å². The topological polar surface area (TPSA) is 49.4 Å². The standard InChI is InChI=1S/C24H20N2O2/c27-23-22-14-18(10-11-19(22)15-25-23)24(28)26(20-8-2-1-3-9-20)21-12-16-6-4-5-7-17(16)13-21/h1-11,14,21H,12-13,15H2,(H,25,27).